The van der Waals surface area contributed by atoms with Crippen molar-refractivity contribution in [3.63, 3.8) is 0 Å². The highest BCUT2D eigenvalue weighted by atomic mass is 35.5. The van der Waals surface area contributed by atoms with Gasteiger partial charge in [-0.3, -0.25) is 0 Å². The van der Waals surface area contributed by atoms with Gasteiger partial charge in [0.25, 0.3) is 0 Å². The van der Waals surface area contributed by atoms with Crippen LogP contribution in [0.25, 0.3) is 5.70 Å². The van der Waals surface area contributed by atoms with Crippen molar-refractivity contribution in [2.45, 2.75) is 17.3 Å². The molecule has 6 rings (SSSR count). The van der Waals surface area contributed by atoms with Crippen LogP contribution in [-0.2, 0) is 0 Å². The molecule has 0 spiro atoms. The third kappa shape index (κ3) is 2.99. The molecule has 2 aromatic heterocycles. The zero-order valence-electron chi connectivity index (χ0n) is 16.4. The maximum absolute atomic E-state index is 6.66. The summed E-state index contributed by atoms with van der Waals surface area (Å²) in [4.78, 5) is 5.89. The highest BCUT2D eigenvalue weighted by Crippen LogP contribution is 2.52. The van der Waals surface area contributed by atoms with Gasteiger partial charge in [-0.05, 0) is 35.9 Å². The Balaban J connectivity index is 1.65. The van der Waals surface area contributed by atoms with E-state index in [1.54, 1.807) is 11.3 Å². The maximum atomic E-state index is 6.66. The van der Waals surface area contributed by atoms with Gasteiger partial charge in [-0.1, -0.05) is 59.8 Å². The van der Waals surface area contributed by atoms with Crippen molar-refractivity contribution < 1.29 is 4.74 Å². The number of hydrogen-bond donors (Lipinski definition) is 1. The van der Waals surface area contributed by atoms with E-state index in [0.29, 0.717) is 5.02 Å². The van der Waals surface area contributed by atoms with Crippen LogP contribution in [-0.4, -0.2) is 21.0 Å². The lowest BCUT2D eigenvalue weighted by atomic mass is 9.87. The Morgan fingerprint density at radius 1 is 1.10 bits per heavy atom. The summed E-state index contributed by atoms with van der Waals surface area (Å²) in [6.07, 6.45) is 1.63. The Bertz CT molecular complexity index is 1310. The van der Waals surface area contributed by atoms with Gasteiger partial charge in [0, 0.05) is 26.6 Å². The van der Waals surface area contributed by atoms with Gasteiger partial charge in [0.2, 0.25) is 11.1 Å². The SMILES string of the molecule is CSc1nc2n(n1)C(c1cccs1)C1=C(N2)c2ccccc2OC1c1ccccc1Cl. The number of anilines is 1. The molecular formula is C23H17ClN4OS2. The van der Waals surface area contributed by atoms with E-state index in [2.05, 4.69) is 28.9 Å². The van der Waals surface area contributed by atoms with Gasteiger partial charge in [-0.2, -0.15) is 4.98 Å². The molecule has 0 saturated heterocycles. The molecule has 31 heavy (non-hydrogen) atoms. The van der Waals surface area contributed by atoms with Crippen molar-refractivity contribution in [1.82, 2.24) is 14.8 Å². The number of nitrogens with zero attached hydrogens (tertiary/aromatic N) is 3. The second-order valence-electron chi connectivity index (χ2n) is 7.26. The summed E-state index contributed by atoms with van der Waals surface area (Å²) in [7, 11) is 0. The van der Waals surface area contributed by atoms with Crippen LogP contribution in [0, 0.1) is 0 Å². The highest BCUT2D eigenvalue weighted by molar-refractivity contribution is 7.98. The van der Waals surface area contributed by atoms with E-state index < -0.39 is 0 Å². The molecule has 5 nitrogen and oxygen atoms in total. The van der Waals surface area contributed by atoms with Gasteiger partial charge in [-0.15, -0.1) is 16.4 Å². The highest BCUT2D eigenvalue weighted by Gasteiger charge is 2.42. The van der Waals surface area contributed by atoms with Crippen molar-refractivity contribution in [2.75, 3.05) is 11.6 Å². The lowest BCUT2D eigenvalue weighted by Gasteiger charge is -2.38. The summed E-state index contributed by atoms with van der Waals surface area (Å²) in [6, 6.07) is 20.0. The van der Waals surface area contributed by atoms with Crippen LogP contribution in [0.15, 0.2) is 76.8 Å². The van der Waals surface area contributed by atoms with Crippen LogP contribution < -0.4 is 10.1 Å². The average molecular weight is 465 g/mol. The second kappa shape index (κ2) is 7.44. The third-order valence-corrected chi connectivity index (χ3v) is 7.35. The molecule has 4 aromatic rings. The van der Waals surface area contributed by atoms with Crippen LogP contribution in [0.2, 0.25) is 5.02 Å². The largest absolute Gasteiger partial charge is 0.480 e. The molecule has 154 valence electrons. The molecule has 0 aliphatic carbocycles. The number of thioether (sulfide) groups is 1. The van der Waals surface area contributed by atoms with E-state index in [9.17, 15) is 0 Å². The fraction of sp³-hybridized carbons (Fsp3) is 0.130. The number of para-hydroxylation sites is 1. The molecule has 1 N–H and O–H groups in total. The lowest BCUT2D eigenvalue weighted by molar-refractivity contribution is 0.223. The Labute approximate surface area is 192 Å². The van der Waals surface area contributed by atoms with E-state index >= 15 is 0 Å². The number of thiophene rings is 1. The third-order valence-electron chi connectivity index (χ3n) is 5.54. The van der Waals surface area contributed by atoms with Gasteiger partial charge in [0.05, 0.1) is 5.70 Å². The minimum Gasteiger partial charge on any atom is -0.480 e. The number of rotatable bonds is 3. The van der Waals surface area contributed by atoms with Crippen molar-refractivity contribution in [1.29, 1.82) is 0 Å². The number of fused-ring (bicyclic) bond motifs is 3. The summed E-state index contributed by atoms with van der Waals surface area (Å²) in [5.74, 6) is 1.55. The van der Waals surface area contributed by atoms with Crippen molar-refractivity contribution in [3.05, 3.63) is 92.6 Å². The van der Waals surface area contributed by atoms with E-state index in [1.807, 2.05) is 53.4 Å². The predicted molar refractivity (Wildman–Crippen MR) is 126 cm³/mol. The number of benzene rings is 2. The fourth-order valence-electron chi connectivity index (χ4n) is 4.21. The Hall–Kier alpha value is -2.74. The first-order valence-corrected chi connectivity index (χ1v) is 12.3. The number of hydrogen-bond acceptors (Lipinski definition) is 6. The zero-order chi connectivity index (χ0) is 20.9. The summed E-state index contributed by atoms with van der Waals surface area (Å²) in [6.45, 7) is 0. The van der Waals surface area contributed by atoms with Crippen LogP contribution in [0.5, 0.6) is 5.75 Å². The van der Waals surface area contributed by atoms with Gasteiger partial charge < -0.3 is 10.1 Å². The van der Waals surface area contributed by atoms with Gasteiger partial charge >= 0.3 is 0 Å². The molecular weight excluding hydrogens is 448 g/mol. The van der Waals surface area contributed by atoms with Crippen LogP contribution in [0.4, 0.5) is 5.95 Å². The monoisotopic (exact) mass is 464 g/mol. The minimum atomic E-state index is -0.353. The van der Waals surface area contributed by atoms with Crippen molar-refractivity contribution in [2.24, 2.45) is 0 Å². The molecule has 4 heterocycles. The van der Waals surface area contributed by atoms with Crippen LogP contribution >= 0.6 is 34.7 Å². The Kier molecular flexibility index (Phi) is 4.56. The second-order valence-corrected chi connectivity index (χ2v) is 9.42. The van der Waals surface area contributed by atoms with Gasteiger partial charge in [0.15, 0.2) is 6.10 Å². The molecule has 2 aromatic carbocycles. The maximum Gasteiger partial charge on any atom is 0.227 e. The Morgan fingerprint density at radius 2 is 1.94 bits per heavy atom. The number of ether oxygens (including phenoxy) is 1. The van der Waals surface area contributed by atoms with Gasteiger partial charge in [0.1, 0.15) is 11.8 Å². The molecule has 0 fully saturated rings. The first kappa shape index (κ1) is 19.0. The van der Waals surface area contributed by atoms with Gasteiger partial charge in [-0.25, -0.2) is 4.68 Å². The first-order valence-electron chi connectivity index (χ1n) is 9.80. The number of nitrogens with one attached hydrogen (secondary N) is 1. The molecule has 0 radical (unpaired) electrons. The molecule has 0 saturated carbocycles. The Morgan fingerprint density at radius 3 is 2.74 bits per heavy atom. The summed E-state index contributed by atoms with van der Waals surface area (Å²) < 4.78 is 8.57. The fourth-order valence-corrected chi connectivity index (χ4v) is 5.62. The van der Waals surface area contributed by atoms with Crippen molar-refractivity contribution >= 4 is 46.3 Å². The predicted octanol–water partition coefficient (Wildman–Crippen LogP) is 6.27. The van der Waals surface area contributed by atoms with Crippen LogP contribution in [0.1, 0.15) is 28.1 Å². The van der Waals surface area contributed by atoms with E-state index in [1.165, 1.54) is 16.6 Å². The van der Waals surface area contributed by atoms with E-state index in [0.717, 1.165) is 39.3 Å². The van der Waals surface area contributed by atoms with E-state index in [-0.39, 0.29) is 12.1 Å². The van der Waals surface area contributed by atoms with Crippen LogP contribution in [0.3, 0.4) is 0 Å². The zero-order valence-corrected chi connectivity index (χ0v) is 18.8. The first-order chi connectivity index (χ1) is 15.2. The smallest absolute Gasteiger partial charge is 0.227 e. The molecule has 2 aliphatic rings. The standard InChI is InChI=1S/C23H17ClN4OS2/c1-30-23-26-22-25-19-14-8-3-5-10-16(14)29-21(13-7-2-4-9-15(13)24)18(19)20(28(22)27-23)17-11-6-12-31-17/h2-12,20-21H,1H3,(H,25,26,27). The quantitative estimate of drug-likeness (QED) is 0.362. The molecule has 2 unspecified atom stereocenters. The molecule has 0 bridgehead atoms. The summed E-state index contributed by atoms with van der Waals surface area (Å²) in [5, 5.41) is 11.8. The molecule has 2 atom stereocenters. The minimum absolute atomic E-state index is 0.144. The summed E-state index contributed by atoms with van der Waals surface area (Å²) >= 11 is 9.89. The normalized spacial score (nSPS) is 19.2. The summed E-state index contributed by atoms with van der Waals surface area (Å²) in [5.41, 5.74) is 4.04. The number of halogens is 1. The van der Waals surface area contributed by atoms with Crippen molar-refractivity contribution in [3.8, 4) is 5.75 Å². The average Bonchev–Trinajstić information content (AvgIpc) is 3.47. The molecule has 0 amide bonds. The number of aromatic nitrogens is 3. The topological polar surface area (TPSA) is 52.0 Å². The molecule has 8 heteroatoms. The van der Waals surface area contributed by atoms with E-state index in [4.69, 9.17) is 26.4 Å². The lowest BCUT2D eigenvalue weighted by Crippen LogP contribution is -2.32. The molecule has 2 aliphatic heterocycles.